The fourth-order valence-corrected chi connectivity index (χ4v) is 2.81. The first-order valence-corrected chi connectivity index (χ1v) is 8.97. The second-order valence-electron chi connectivity index (χ2n) is 4.95. The van der Waals surface area contributed by atoms with E-state index in [1.165, 1.54) is 24.7 Å². The van der Waals surface area contributed by atoms with Crippen LogP contribution < -0.4 is 5.32 Å². The molecule has 1 atom stereocenters. The standard InChI is InChI=1S/C13H18BrNO2S/c1-18(16,17)9-8-15-13(10-2-3-10)11-4-6-12(14)7-5-11/h4-7,10,13,15H,2-3,8-9H2,1H3/t13-/m1/s1. The summed E-state index contributed by atoms with van der Waals surface area (Å²) in [7, 11) is -2.88. The van der Waals surface area contributed by atoms with Crippen LogP contribution in [0.2, 0.25) is 0 Å². The Morgan fingerprint density at radius 1 is 1.33 bits per heavy atom. The lowest BCUT2D eigenvalue weighted by atomic mass is 10.0. The van der Waals surface area contributed by atoms with Crippen molar-refractivity contribution in [3.63, 3.8) is 0 Å². The van der Waals surface area contributed by atoms with E-state index in [0.29, 0.717) is 18.5 Å². The molecule has 2 rings (SSSR count). The van der Waals surface area contributed by atoms with Gasteiger partial charge in [-0.25, -0.2) is 8.42 Å². The topological polar surface area (TPSA) is 46.2 Å². The molecule has 1 aliphatic rings. The average Bonchev–Trinajstić information content (AvgIpc) is 3.08. The first-order chi connectivity index (χ1) is 8.46. The molecule has 1 fully saturated rings. The highest BCUT2D eigenvalue weighted by Crippen LogP contribution is 2.41. The van der Waals surface area contributed by atoms with Gasteiger partial charge in [0, 0.05) is 23.3 Å². The Morgan fingerprint density at radius 3 is 2.44 bits per heavy atom. The number of halogens is 1. The Bertz CT molecular complexity index is 494. The second-order valence-corrected chi connectivity index (χ2v) is 8.13. The van der Waals surface area contributed by atoms with Gasteiger partial charge in [0.2, 0.25) is 0 Å². The summed E-state index contributed by atoms with van der Waals surface area (Å²) in [5, 5.41) is 3.38. The fraction of sp³-hybridized carbons (Fsp3) is 0.538. The molecule has 0 aromatic heterocycles. The predicted octanol–water partition coefficient (Wildman–Crippen LogP) is 2.53. The molecule has 3 nitrogen and oxygen atoms in total. The Hall–Kier alpha value is -0.390. The van der Waals surface area contributed by atoms with Crippen molar-refractivity contribution in [1.82, 2.24) is 5.32 Å². The summed E-state index contributed by atoms with van der Waals surface area (Å²) < 4.78 is 23.3. The van der Waals surface area contributed by atoms with Crippen molar-refractivity contribution in [3.8, 4) is 0 Å². The monoisotopic (exact) mass is 331 g/mol. The SMILES string of the molecule is CS(=O)(=O)CCN[C@@H](c1ccc(Br)cc1)C1CC1. The van der Waals surface area contributed by atoms with Crippen molar-refractivity contribution >= 4 is 25.8 Å². The third kappa shape index (κ3) is 4.37. The van der Waals surface area contributed by atoms with Crippen molar-refractivity contribution in [2.75, 3.05) is 18.6 Å². The van der Waals surface area contributed by atoms with E-state index in [0.717, 1.165) is 4.47 Å². The zero-order chi connectivity index (χ0) is 13.2. The van der Waals surface area contributed by atoms with Crippen LogP contribution in [0.15, 0.2) is 28.7 Å². The molecule has 1 saturated carbocycles. The summed E-state index contributed by atoms with van der Waals surface area (Å²) in [5.41, 5.74) is 1.24. The summed E-state index contributed by atoms with van der Waals surface area (Å²) in [6, 6.07) is 8.55. The average molecular weight is 332 g/mol. The van der Waals surface area contributed by atoms with Gasteiger partial charge in [0.25, 0.3) is 0 Å². The van der Waals surface area contributed by atoms with Crippen molar-refractivity contribution < 1.29 is 8.42 Å². The van der Waals surface area contributed by atoms with Crippen molar-refractivity contribution in [2.45, 2.75) is 18.9 Å². The maximum absolute atomic E-state index is 11.1. The van der Waals surface area contributed by atoms with Crippen molar-refractivity contribution in [1.29, 1.82) is 0 Å². The van der Waals surface area contributed by atoms with E-state index in [1.54, 1.807) is 0 Å². The van der Waals surface area contributed by atoms with Crippen LogP contribution in [0.25, 0.3) is 0 Å². The van der Waals surface area contributed by atoms with Crippen LogP contribution in [0.1, 0.15) is 24.4 Å². The molecular weight excluding hydrogens is 314 g/mol. The van der Waals surface area contributed by atoms with Crippen LogP contribution >= 0.6 is 15.9 Å². The Balaban J connectivity index is 1.98. The summed E-state index contributed by atoms with van der Waals surface area (Å²) in [6.45, 7) is 0.524. The maximum Gasteiger partial charge on any atom is 0.148 e. The Labute approximate surface area is 117 Å². The van der Waals surface area contributed by atoms with Gasteiger partial charge in [0.1, 0.15) is 9.84 Å². The van der Waals surface area contributed by atoms with Gasteiger partial charge in [-0.3, -0.25) is 0 Å². The van der Waals surface area contributed by atoms with Crippen LogP contribution in [-0.4, -0.2) is 27.0 Å². The van der Waals surface area contributed by atoms with Gasteiger partial charge < -0.3 is 5.32 Å². The lowest BCUT2D eigenvalue weighted by molar-refractivity contribution is 0.494. The van der Waals surface area contributed by atoms with Gasteiger partial charge in [-0.1, -0.05) is 28.1 Å². The number of nitrogens with one attached hydrogen (secondary N) is 1. The largest absolute Gasteiger partial charge is 0.309 e. The molecule has 0 radical (unpaired) electrons. The van der Waals surface area contributed by atoms with Crippen LogP contribution in [-0.2, 0) is 9.84 Å². The van der Waals surface area contributed by atoms with Gasteiger partial charge in [-0.05, 0) is 36.5 Å². The Kier molecular flexibility index (Phi) is 4.45. The number of sulfone groups is 1. The van der Waals surface area contributed by atoms with E-state index in [-0.39, 0.29) is 5.75 Å². The molecule has 100 valence electrons. The van der Waals surface area contributed by atoms with Crippen LogP contribution in [0.3, 0.4) is 0 Å². The molecule has 5 heteroatoms. The van der Waals surface area contributed by atoms with Crippen molar-refractivity contribution in [3.05, 3.63) is 34.3 Å². The molecular formula is C13H18BrNO2S. The minimum absolute atomic E-state index is 0.201. The number of benzene rings is 1. The maximum atomic E-state index is 11.1. The van der Waals surface area contributed by atoms with Crippen molar-refractivity contribution in [2.24, 2.45) is 5.92 Å². The van der Waals surface area contributed by atoms with E-state index < -0.39 is 9.84 Å². The molecule has 0 aliphatic heterocycles. The molecule has 0 amide bonds. The number of hydrogen-bond donors (Lipinski definition) is 1. The molecule has 0 unspecified atom stereocenters. The normalized spacial score (nSPS) is 17.7. The quantitative estimate of drug-likeness (QED) is 0.871. The molecule has 0 saturated heterocycles. The summed E-state index contributed by atoms with van der Waals surface area (Å²) in [4.78, 5) is 0. The van der Waals surface area contributed by atoms with Gasteiger partial charge >= 0.3 is 0 Å². The van der Waals surface area contributed by atoms with Gasteiger partial charge in [-0.15, -0.1) is 0 Å². The first kappa shape index (κ1) is 14.0. The highest BCUT2D eigenvalue weighted by atomic mass is 79.9. The van der Waals surface area contributed by atoms with E-state index >= 15 is 0 Å². The van der Waals surface area contributed by atoms with E-state index in [4.69, 9.17) is 0 Å². The summed E-state index contributed by atoms with van der Waals surface area (Å²) in [5.74, 6) is 0.859. The van der Waals surface area contributed by atoms with Gasteiger partial charge in [0.05, 0.1) is 5.75 Å². The molecule has 1 N–H and O–H groups in total. The number of hydrogen-bond acceptors (Lipinski definition) is 3. The lowest BCUT2D eigenvalue weighted by Crippen LogP contribution is -2.28. The second kappa shape index (κ2) is 5.72. The first-order valence-electron chi connectivity index (χ1n) is 6.12. The molecule has 1 aliphatic carbocycles. The minimum atomic E-state index is -2.88. The summed E-state index contributed by atoms with van der Waals surface area (Å²) in [6.07, 6.45) is 3.74. The van der Waals surface area contributed by atoms with E-state index in [9.17, 15) is 8.42 Å². The van der Waals surface area contributed by atoms with Gasteiger partial charge in [0.15, 0.2) is 0 Å². The van der Waals surface area contributed by atoms with E-state index in [2.05, 4.69) is 33.4 Å². The van der Waals surface area contributed by atoms with Gasteiger partial charge in [-0.2, -0.15) is 0 Å². The van der Waals surface area contributed by atoms with Crippen LogP contribution in [0, 0.1) is 5.92 Å². The minimum Gasteiger partial charge on any atom is -0.309 e. The number of rotatable bonds is 6. The molecule has 0 spiro atoms. The molecule has 0 heterocycles. The lowest BCUT2D eigenvalue weighted by Gasteiger charge is -2.18. The third-order valence-corrected chi connectivity index (χ3v) is 4.63. The zero-order valence-corrected chi connectivity index (χ0v) is 12.8. The highest BCUT2D eigenvalue weighted by molar-refractivity contribution is 9.10. The summed E-state index contributed by atoms with van der Waals surface area (Å²) >= 11 is 3.43. The highest BCUT2D eigenvalue weighted by Gasteiger charge is 2.31. The fourth-order valence-electron chi connectivity index (χ4n) is 2.06. The van der Waals surface area contributed by atoms with Crippen LogP contribution in [0.4, 0.5) is 0 Å². The molecule has 1 aromatic rings. The molecule has 1 aromatic carbocycles. The smallest absolute Gasteiger partial charge is 0.148 e. The zero-order valence-electron chi connectivity index (χ0n) is 10.4. The van der Waals surface area contributed by atoms with Crippen LogP contribution in [0.5, 0.6) is 0 Å². The molecule has 0 bridgehead atoms. The molecule has 18 heavy (non-hydrogen) atoms. The third-order valence-electron chi connectivity index (χ3n) is 3.16. The Morgan fingerprint density at radius 2 is 1.94 bits per heavy atom. The van der Waals surface area contributed by atoms with E-state index in [1.807, 2.05) is 12.1 Å². The predicted molar refractivity (Wildman–Crippen MR) is 77.3 cm³/mol.